The molecular weight excluding hydrogens is 229 g/mol. The number of benzene rings is 1. The van der Waals surface area contributed by atoms with Gasteiger partial charge in [-0.15, -0.1) is 0 Å². The molecule has 0 aliphatic heterocycles. The second-order valence-electron chi connectivity index (χ2n) is 3.84. The van der Waals surface area contributed by atoms with Crippen molar-refractivity contribution < 1.29 is 13.2 Å². The fraction of sp³-hybridized carbons (Fsp3) is 0.417. The Balaban J connectivity index is 2.70. The summed E-state index contributed by atoms with van der Waals surface area (Å²) in [5, 5.41) is 8.41. The minimum atomic E-state index is -4.30. The predicted octanol–water partition coefficient (Wildman–Crippen LogP) is 3.05. The van der Waals surface area contributed by atoms with Crippen LogP contribution in [-0.4, -0.2) is 18.5 Å². The van der Waals surface area contributed by atoms with E-state index in [1.54, 1.807) is 13.1 Å². The van der Waals surface area contributed by atoms with Crippen molar-refractivity contribution in [2.75, 3.05) is 13.6 Å². The number of alkyl halides is 3. The van der Waals surface area contributed by atoms with Gasteiger partial charge in [-0.3, -0.25) is 0 Å². The van der Waals surface area contributed by atoms with Crippen molar-refractivity contribution >= 4 is 0 Å². The summed E-state index contributed by atoms with van der Waals surface area (Å²) in [6.07, 6.45) is -3.93. The van der Waals surface area contributed by atoms with Gasteiger partial charge in [0.1, 0.15) is 0 Å². The van der Waals surface area contributed by atoms with Crippen molar-refractivity contribution in [2.45, 2.75) is 19.1 Å². The molecule has 0 saturated carbocycles. The van der Waals surface area contributed by atoms with Crippen LogP contribution in [0.3, 0.4) is 0 Å². The van der Waals surface area contributed by atoms with Crippen LogP contribution in [0.25, 0.3) is 0 Å². The zero-order chi connectivity index (χ0) is 12.9. The largest absolute Gasteiger partial charge is 0.416 e. The van der Waals surface area contributed by atoms with Gasteiger partial charge in [-0.2, -0.15) is 18.4 Å². The monoisotopic (exact) mass is 242 g/mol. The quantitative estimate of drug-likeness (QED) is 0.811. The number of nitrogens with zero attached hydrogens (tertiary/aromatic N) is 2. The van der Waals surface area contributed by atoms with E-state index in [9.17, 15) is 13.2 Å². The fourth-order valence-corrected chi connectivity index (χ4v) is 1.48. The van der Waals surface area contributed by atoms with Crippen molar-refractivity contribution in [1.82, 2.24) is 4.90 Å². The number of nitriles is 1. The van der Waals surface area contributed by atoms with Gasteiger partial charge < -0.3 is 4.90 Å². The lowest BCUT2D eigenvalue weighted by Crippen LogP contribution is -2.19. The Labute approximate surface area is 98.3 Å². The summed E-state index contributed by atoms with van der Waals surface area (Å²) in [6.45, 7) is 0.957. The van der Waals surface area contributed by atoms with Crippen molar-refractivity contribution in [2.24, 2.45) is 0 Å². The smallest absolute Gasteiger partial charge is 0.301 e. The van der Waals surface area contributed by atoms with Gasteiger partial charge in [-0.25, -0.2) is 0 Å². The van der Waals surface area contributed by atoms with Crippen LogP contribution in [0.5, 0.6) is 0 Å². The van der Waals surface area contributed by atoms with Crippen molar-refractivity contribution in [3.05, 3.63) is 35.4 Å². The van der Waals surface area contributed by atoms with Crippen LogP contribution in [0, 0.1) is 11.3 Å². The van der Waals surface area contributed by atoms with E-state index >= 15 is 0 Å². The topological polar surface area (TPSA) is 27.0 Å². The Morgan fingerprint density at radius 2 is 2.06 bits per heavy atom. The summed E-state index contributed by atoms with van der Waals surface area (Å²) < 4.78 is 37.4. The van der Waals surface area contributed by atoms with Gasteiger partial charge in [-0.1, -0.05) is 18.2 Å². The summed E-state index contributed by atoms with van der Waals surface area (Å²) >= 11 is 0. The highest BCUT2D eigenvalue weighted by molar-refractivity contribution is 5.25. The van der Waals surface area contributed by atoms with Crippen LogP contribution in [0.15, 0.2) is 24.3 Å². The van der Waals surface area contributed by atoms with Crippen LogP contribution in [0.1, 0.15) is 17.5 Å². The molecular formula is C12H13F3N2. The third-order valence-electron chi connectivity index (χ3n) is 2.31. The zero-order valence-corrected chi connectivity index (χ0v) is 9.46. The van der Waals surface area contributed by atoms with Gasteiger partial charge in [0.15, 0.2) is 0 Å². The van der Waals surface area contributed by atoms with E-state index in [1.165, 1.54) is 6.07 Å². The molecule has 0 N–H and O–H groups in total. The molecule has 0 aromatic heterocycles. The molecule has 0 unspecified atom stereocenters. The molecule has 0 amide bonds. The lowest BCUT2D eigenvalue weighted by atomic mass is 10.1. The lowest BCUT2D eigenvalue weighted by molar-refractivity contribution is -0.137. The third-order valence-corrected chi connectivity index (χ3v) is 2.31. The van der Waals surface area contributed by atoms with Crippen molar-refractivity contribution in [1.29, 1.82) is 5.26 Å². The molecule has 1 aromatic carbocycles. The summed E-state index contributed by atoms with van der Waals surface area (Å²) in [5.41, 5.74) is -0.0380. The fourth-order valence-electron chi connectivity index (χ4n) is 1.48. The summed E-state index contributed by atoms with van der Waals surface area (Å²) in [4.78, 5) is 1.82. The molecule has 17 heavy (non-hydrogen) atoms. The normalized spacial score (nSPS) is 11.5. The first-order valence-corrected chi connectivity index (χ1v) is 5.15. The Morgan fingerprint density at radius 1 is 1.35 bits per heavy atom. The molecule has 0 fully saturated rings. The molecule has 0 aliphatic carbocycles. The summed E-state index contributed by atoms with van der Waals surface area (Å²) in [7, 11) is 1.78. The van der Waals surface area contributed by atoms with Crippen LogP contribution in [0.2, 0.25) is 0 Å². The lowest BCUT2D eigenvalue weighted by Gasteiger charge is -2.16. The maximum absolute atomic E-state index is 12.5. The zero-order valence-electron chi connectivity index (χ0n) is 9.46. The number of rotatable bonds is 4. The minimum absolute atomic E-state index is 0.370. The third kappa shape index (κ3) is 4.45. The maximum Gasteiger partial charge on any atom is 0.416 e. The van der Waals surface area contributed by atoms with Crippen LogP contribution in [-0.2, 0) is 12.7 Å². The second kappa shape index (κ2) is 5.69. The highest BCUT2D eigenvalue weighted by Gasteiger charge is 2.30. The molecule has 0 radical (unpaired) electrons. The Hall–Kier alpha value is -1.54. The Kier molecular flexibility index (Phi) is 4.53. The SMILES string of the molecule is CN(CCC#N)Cc1cccc(C(F)(F)F)c1. The number of hydrogen-bond acceptors (Lipinski definition) is 2. The molecule has 0 aliphatic rings. The van der Waals surface area contributed by atoms with E-state index in [4.69, 9.17) is 5.26 Å². The second-order valence-corrected chi connectivity index (χ2v) is 3.84. The predicted molar refractivity (Wildman–Crippen MR) is 58.0 cm³/mol. The highest BCUT2D eigenvalue weighted by atomic mass is 19.4. The van der Waals surface area contributed by atoms with Crippen molar-refractivity contribution in [3.8, 4) is 6.07 Å². The van der Waals surface area contributed by atoms with E-state index in [-0.39, 0.29) is 0 Å². The number of halogens is 3. The van der Waals surface area contributed by atoms with Crippen LogP contribution in [0.4, 0.5) is 13.2 Å². The molecule has 0 saturated heterocycles. The average Bonchev–Trinajstić information content (AvgIpc) is 2.25. The van der Waals surface area contributed by atoms with E-state index in [2.05, 4.69) is 0 Å². The maximum atomic E-state index is 12.5. The summed E-state index contributed by atoms with van der Waals surface area (Å²) in [6, 6.07) is 7.24. The van der Waals surface area contributed by atoms with E-state index in [0.717, 1.165) is 12.1 Å². The van der Waals surface area contributed by atoms with Gasteiger partial charge in [0.2, 0.25) is 0 Å². The molecule has 1 aromatic rings. The Morgan fingerprint density at radius 3 is 2.65 bits per heavy atom. The summed E-state index contributed by atoms with van der Waals surface area (Å²) in [5.74, 6) is 0. The Bertz CT molecular complexity index is 407. The van der Waals surface area contributed by atoms with E-state index in [1.807, 2.05) is 11.0 Å². The molecule has 0 spiro atoms. The highest BCUT2D eigenvalue weighted by Crippen LogP contribution is 2.29. The first-order valence-electron chi connectivity index (χ1n) is 5.15. The average molecular weight is 242 g/mol. The molecule has 5 heteroatoms. The van der Waals surface area contributed by atoms with Gasteiger partial charge >= 0.3 is 6.18 Å². The molecule has 2 nitrogen and oxygen atoms in total. The first-order chi connectivity index (χ1) is 7.93. The minimum Gasteiger partial charge on any atom is -0.301 e. The number of hydrogen-bond donors (Lipinski definition) is 0. The molecule has 0 heterocycles. The standard InChI is InChI=1S/C12H13F3N2/c1-17(7-3-6-16)9-10-4-2-5-11(8-10)12(13,14)15/h2,4-5,8H,3,7,9H2,1H3. The van der Waals surface area contributed by atoms with Crippen LogP contribution < -0.4 is 0 Å². The van der Waals surface area contributed by atoms with Crippen molar-refractivity contribution in [3.63, 3.8) is 0 Å². The van der Waals surface area contributed by atoms with Gasteiger partial charge in [0.05, 0.1) is 11.6 Å². The molecule has 0 bridgehead atoms. The van der Waals surface area contributed by atoms with Crippen LogP contribution >= 0.6 is 0 Å². The van der Waals surface area contributed by atoms with Gasteiger partial charge in [0.25, 0.3) is 0 Å². The molecule has 92 valence electrons. The van der Waals surface area contributed by atoms with E-state index in [0.29, 0.717) is 25.1 Å². The van der Waals surface area contributed by atoms with E-state index < -0.39 is 11.7 Å². The van der Waals surface area contributed by atoms with Gasteiger partial charge in [0, 0.05) is 19.5 Å². The van der Waals surface area contributed by atoms with Gasteiger partial charge in [-0.05, 0) is 18.7 Å². The first kappa shape index (κ1) is 13.5. The molecule has 0 atom stereocenters. The molecule has 1 rings (SSSR count).